The number of H-pyrrole nitrogens is 1. The number of fused-ring (bicyclic) bond motifs is 3. The van der Waals surface area contributed by atoms with Crippen LogP contribution in [0.15, 0.2) is 128 Å². The Kier molecular flexibility index (Phi) is 38.5. The number of thioether (sulfide) groups is 1. The van der Waals surface area contributed by atoms with Crippen molar-refractivity contribution in [3.63, 3.8) is 0 Å². The summed E-state index contributed by atoms with van der Waals surface area (Å²) in [5.41, 5.74) is 18.9. The van der Waals surface area contributed by atoms with Gasteiger partial charge in [-0.05, 0) is 96.3 Å². The molecular formula is C92H117F3N18O21S. The fourth-order valence-corrected chi connectivity index (χ4v) is 17.3. The number of hydrogen-bond donors (Lipinski definition) is 17. The van der Waals surface area contributed by atoms with E-state index < -0.39 is 290 Å². The summed E-state index contributed by atoms with van der Waals surface area (Å²) in [6, 6.07) is 6.53. The minimum atomic E-state index is -2.08. The molecule has 1 aromatic heterocycles. The van der Waals surface area contributed by atoms with Crippen LogP contribution in [0.1, 0.15) is 113 Å². The molecule has 0 spiro atoms. The van der Waals surface area contributed by atoms with E-state index in [1.54, 1.807) is 98.0 Å². The van der Waals surface area contributed by atoms with Crippen LogP contribution in [0.25, 0.3) is 10.9 Å². The number of nitrogens with one attached hydrogen (secondary N) is 10. The largest absolute Gasteiger partial charge is 0.508 e. The molecule has 3 aliphatic rings. The smallest absolute Gasteiger partial charge is 0.305 e. The molecule has 3 aliphatic heterocycles. The van der Waals surface area contributed by atoms with Crippen molar-refractivity contribution in [1.29, 1.82) is 0 Å². The first kappa shape index (κ1) is 105. The van der Waals surface area contributed by atoms with Gasteiger partial charge in [0.25, 0.3) is 0 Å². The number of aliphatic hydroxyl groups is 2. The van der Waals surface area contributed by atoms with Crippen molar-refractivity contribution < 1.29 is 115 Å². The van der Waals surface area contributed by atoms with Crippen LogP contribution < -0.4 is 65.1 Å². The van der Waals surface area contributed by atoms with E-state index in [-0.39, 0.29) is 63.7 Å². The number of aliphatic carboxylic acids is 1. The van der Waals surface area contributed by atoms with Gasteiger partial charge in [-0.15, -0.1) is 11.8 Å². The van der Waals surface area contributed by atoms with Gasteiger partial charge in [0.2, 0.25) is 94.5 Å². The van der Waals surface area contributed by atoms with E-state index in [1.165, 1.54) is 52.2 Å². The van der Waals surface area contributed by atoms with Crippen LogP contribution in [-0.4, -0.2) is 300 Å². The van der Waals surface area contributed by atoms with Gasteiger partial charge in [-0.25, -0.2) is 13.2 Å². The van der Waals surface area contributed by atoms with Gasteiger partial charge in [-0.3, -0.25) is 81.5 Å². The molecule has 0 aliphatic carbocycles. The maximum Gasteiger partial charge on any atom is 0.305 e. The number of carbonyl (C=O) groups is 17. The third-order valence-electron chi connectivity index (χ3n) is 23.7. The number of benzene rings is 5. The number of carbonyl (C=O) groups excluding carboxylic acids is 16. The first-order chi connectivity index (χ1) is 64.1. The molecule has 0 saturated carbocycles. The molecule has 43 heteroatoms. The molecule has 135 heavy (non-hydrogen) atoms. The lowest BCUT2D eigenvalue weighted by Crippen LogP contribution is -2.62. The topological polar surface area (TPSA) is 589 Å². The number of likely N-dealkylation sites (N-methyl/N-ethyl adjacent to an activating group) is 3. The van der Waals surface area contributed by atoms with E-state index in [4.69, 9.17) is 17.2 Å². The summed E-state index contributed by atoms with van der Waals surface area (Å²) < 4.78 is 45.1. The third-order valence-corrected chi connectivity index (χ3v) is 24.7. The predicted octanol–water partition coefficient (Wildman–Crippen LogP) is -1.24. The Labute approximate surface area is 780 Å². The summed E-state index contributed by atoms with van der Waals surface area (Å²) in [5.74, 6) is -26.9. The molecular weight excluding hydrogens is 1780 g/mol. The number of carboxylic acid groups (broad SMARTS) is 1. The highest BCUT2D eigenvalue weighted by atomic mass is 32.2. The van der Waals surface area contributed by atoms with Crippen molar-refractivity contribution in [1.82, 2.24) is 77.3 Å². The van der Waals surface area contributed by atoms with Crippen LogP contribution in [0.3, 0.4) is 0 Å². The number of phenolic OH excluding ortho intramolecular Hbond substituents is 1. The average molecular weight is 1900 g/mol. The van der Waals surface area contributed by atoms with Crippen LogP contribution in [-0.2, 0) is 114 Å². The van der Waals surface area contributed by atoms with Gasteiger partial charge < -0.3 is 115 Å². The fraction of sp³-hybridized carbons (Fsp3) is 0.467. The number of aromatic nitrogens is 1. The Balaban J connectivity index is 1.15. The summed E-state index contributed by atoms with van der Waals surface area (Å²) >= 11 is 0.633. The van der Waals surface area contributed by atoms with Crippen LogP contribution in [0, 0.1) is 23.4 Å². The van der Waals surface area contributed by atoms with E-state index in [9.17, 15) is 58.4 Å². The summed E-state index contributed by atoms with van der Waals surface area (Å²) in [4.78, 5) is 258. The summed E-state index contributed by atoms with van der Waals surface area (Å²) in [6.45, 7) is 2.77. The van der Waals surface area contributed by atoms with E-state index in [0.717, 1.165) is 31.5 Å². The number of aliphatic hydroxyl groups excluding tert-OH is 2. The molecule has 0 unspecified atom stereocenters. The lowest BCUT2D eigenvalue weighted by atomic mass is 9.98. The first-order valence-corrected chi connectivity index (χ1v) is 45.4. The van der Waals surface area contributed by atoms with Crippen molar-refractivity contribution in [2.24, 2.45) is 23.1 Å². The zero-order chi connectivity index (χ0) is 98.8. The van der Waals surface area contributed by atoms with Crippen molar-refractivity contribution in [2.75, 3.05) is 58.8 Å². The SMILES string of the molecule is CCCC[C@H]1C(=O)N2C[C@H](O)C[C@@H]2C(=O)N[C@@H](CC(=O)O)C(=O)N[C@@H](C(C)C)C(=O)N(C)[C@@H](Cc2ccccc2)C(=O)N[C@@H](CC(N)=O)C(=O)N2C[C@H](O)C[C@H]2C(=O)N[C@@H](Cc2c[nH]c3ccccc23)C(=O)N[C@@H](Cc2ccc(O)cc2)C(=O)N[C@@H](CCCCN)C(=O)N[C@H](C(=O)NCC(N)=O)CSCC(=O)N[C@@H](Cc2cc(F)c(F)c(F)c2)C(=O)N(C)[C@@H](Cc2ccccc2)C(=O)N1C. The molecule has 15 atom stereocenters. The standard InChI is InChI=1S/C92H117F3N18O21S/c1-7-8-26-69-91(133)113-46-57(116)40-72(113)87(129)105-65(42-77(120)121)84(126)108-79(49(2)3)92(134)110(5)70(36-50-19-11-9-12-20-50)85(127)106-67(41-74(97)117)89(131)112-45-56(115)39-71(112)86(128)104-64(38-54-43-99-61-24-16-15-23-58(54)61)83(125)103-63(34-52-27-29-55(114)30-28-52)82(124)102-62(25-17-18-31-96)81(123)107-68(80(122)100-44-75(98)118)47-135-48-76(119)101-66(35-53-32-59(93)78(95)60(94)33-53)88(130)111(6)73(90(132)109(69)4)37-51-21-13-10-14-22-51/h9-16,19-24,27-30,32-33,43,49,56-57,62-73,79,99,114-116H,7-8,17-18,25-26,31,34-42,44-48,96H2,1-6H3,(H2,97,117)(H2,98,118)(H,100,122)(H,101,119)(H,102,124)(H,103,125)(H,104,128)(H,105,129)(H,106,127)(H,107,123)(H,108,126)(H,120,121)/t56-,57-,62+,63+,64+,65+,66+,67+,68+,69+,70+,71+,72-,73+,79+/m1/s1. The second-order valence-electron chi connectivity index (χ2n) is 34.2. The van der Waals surface area contributed by atoms with Crippen LogP contribution in [0.2, 0.25) is 0 Å². The highest BCUT2D eigenvalue weighted by Gasteiger charge is 2.49. The number of halogens is 3. The Hall–Kier alpha value is -13.6. The maximum atomic E-state index is 15.7. The predicted molar refractivity (Wildman–Crippen MR) is 484 cm³/mol. The van der Waals surface area contributed by atoms with E-state index in [2.05, 4.69) is 52.8 Å². The van der Waals surface area contributed by atoms with Crippen molar-refractivity contribution in [2.45, 2.75) is 208 Å². The van der Waals surface area contributed by atoms with Gasteiger partial charge in [0, 0.05) is 102 Å². The lowest BCUT2D eigenvalue weighted by Gasteiger charge is -2.38. The second kappa shape index (κ2) is 49.4. The number of nitrogens with two attached hydrogens (primary N) is 3. The number of amides is 16. The van der Waals surface area contributed by atoms with Gasteiger partial charge in [-0.1, -0.05) is 125 Å². The molecule has 5 aromatic carbocycles. The number of carboxylic acids is 1. The highest BCUT2D eigenvalue weighted by Crippen LogP contribution is 2.29. The average Bonchev–Trinajstić information content (AvgIpc) is 1.74. The lowest BCUT2D eigenvalue weighted by molar-refractivity contribution is -0.152. The van der Waals surface area contributed by atoms with Gasteiger partial charge in [0.15, 0.2) is 17.5 Å². The molecule has 0 radical (unpaired) electrons. The first-order valence-electron chi connectivity index (χ1n) is 44.2. The van der Waals surface area contributed by atoms with Gasteiger partial charge in [0.05, 0.1) is 37.3 Å². The Morgan fingerprint density at radius 2 is 1.01 bits per heavy atom. The van der Waals surface area contributed by atoms with Gasteiger partial charge in [0.1, 0.15) is 84.3 Å². The van der Waals surface area contributed by atoms with Gasteiger partial charge >= 0.3 is 5.97 Å². The number of aromatic amines is 1. The molecule has 728 valence electrons. The Morgan fingerprint density at radius 1 is 0.504 bits per heavy atom. The molecule has 3 fully saturated rings. The van der Waals surface area contributed by atoms with Crippen molar-refractivity contribution >= 4 is 123 Å². The number of para-hydroxylation sites is 1. The number of nitrogens with zero attached hydrogens (tertiary/aromatic N) is 5. The van der Waals surface area contributed by atoms with Crippen LogP contribution in [0.5, 0.6) is 5.75 Å². The summed E-state index contributed by atoms with van der Waals surface area (Å²) in [6.07, 6.45) is -6.34. The molecule has 9 rings (SSSR count). The Morgan fingerprint density at radius 3 is 1.59 bits per heavy atom. The number of unbranched alkanes of at least 4 members (excludes halogenated alkanes) is 2. The van der Waals surface area contributed by atoms with E-state index in [0.29, 0.717) is 63.5 Å². The molecule has 0 bridgehead atoms. The van der Waals surface area contributed by atoms with E-state index >= 15 is 56.7 Å². The number of aromatic hydroxyl groups is 1. The molecule has 39 nitrogen and oxygen atoms in total. The van der Waals surface area contributed by atoms with E-state index in [1.807, 2.05) is 0 Å². The summed E-state index contributed by atoms with van der Waals surface area (Å²) in [5, 5.41) is 67.0. The van der Waals surface area contributed by atoms with Crippen molar-refractivity contribution in [3.05, 3.63) is 173 Å². The molecule has 6 aromatic rings. The zero-order valence-corrected chi connectivity index (χ0v) is 76.3. The number of rotatable bonds is 25. The quantitative estimate of drug-likeness (QED) is 0.0235. The van der Waals surface area contributed by atoms with Crippen molar-refractivity contribution in [3.8, 4) is 5.75 Å². The molecule has 4 heterocycles. The molecule has 20 N–H and O–H groups in total. The number of primary amides is 2. The second-order valence-corrected chi connectivity index (χ2v) is 35.2. The monoisotopic (exact) mass is 1900 g/mol. The number of phenols is 1. The minimum Gasteiger partial charge on any atom is -0.508 e. The van der Waals surface area contributed by atoms with Crippen LogP contribution >= 0.6 is 11.8 Å². The normalized spacial score (nSPS) is 24.5. The fourth-order valence-electron chi connectivity index (χ4n) is 16.4. The zero-order valence-electron chi connectivity index (χ0n) is 75.5. The third kappa shape index (κ3) is 29.2. The Bertz CT molecular complexity index is 5260. The number of hydrogen-bond acceptors (Lipinski definition) is 22. The van der Waals surface area contributed by atoms with Crippen LogP contribution in [0.4, 0.5) is 13.2 Å². The molecule has 3 saturated heterocycles. The summed E-state index contributed by atoms with van der Waals surface area (Å²) in [7, 11) is 3.53. The molecule has 16 amide bonds. The minimum absolute atomic E-state index is 0.0707. The highest BCUT2D eigenvalue weighted by molar-refractivity contribution is 8.00. The van der Waals surface area contributed by atoms with Gasteiger partial charge in [-0.2, -0.15) is 0 Å². The maximum absolute atomic E-state index is 15.7.